The van der Waals surface area contributed by atoms with Crippen molar-refractivity contribution in [3.8, 4) is 11.5 Å². The minimum Gasteiger partial charge on any atom is -0.488 e. The van der Waals surface area contributed by atoms with E-state index >= 15 is 0 Å². The molecule has 2 aliphatic heterocycles. The summed E-state index contributed by atoms with van der Waals surface area (Å²) in [6.07, 6.45) is 3.25. The molecule has 126 valence electrons. The molecular weight excluding hydrogens is 355 g/mol. The van der Waals surface area contributed by atoms with Crippen LogP contribution in [0.1, 0.15) is 17.2 Å². The van der Waals surface area contributed by atoms with Crippen LogP contribution in [-0.2, 0) is 4.84 Å². The Morgan fingerprint density at radius 3 is 2.58 bits per heavy atom. The van der Waals surface area contributed by atoms with Gasteiger partial charge >= 0.3 is 0 Å². The number of halogens is 2. The Morgan fingerprint density at radius 1 is 1.17 bits per heavy atom. The van der Waals surface area contributed by atoms with Gasteiger partial charge in [0.05, 0.1) is 6.04 Å². The molecule has 4 rings (SSSR count). The third kappa shape index (κ3) is 3.24. The molecule has 4 heterocycles. The predicted molar refractivity (Wildman–Crippen MR) is 90.0 cm³/mol. The van der Waals surface area contributed by atoms with E-state index in [1.165, 1.54) is 7.11 Å². The zero-order chi connectivity index (χ0) is 17.1. The smallest absolute Gasteiger partial charge is 0.171 e. The standard InChI is InChI=1S/C8H7ClN2O2.C7H7ClN2O/c1-12-11-6-4-13-7-5(6)2-3-10-8(7)9;8-7-6-4(1-2-10-7)5(9)3-11-6/h2-3H,4H2,1H3;1-2,5H,3,9H2. The summed E-state index contributed by atoms with van der Waals surface area (Å²) in [4.78, 5) is 12.4. The van der Waals surface area contributed by atoms with Crippen LogP contribution in [0.4, 0.5) is 0 Å². The van der Waals surface area contributed by atoms with Crippen molar-refractivity contribution in [2.45, 2.75) is 6.04 Å². The lowest BCUT2D eigenvalue weighted by atomic mass is 10.1. The average molecular weight is 369 g/mol. The van der Waals surface area contributed by atoms with Gasteiger partial charge in [0, 0.05) is 23.5 Å². The third-order valence-electron chi connectivity index (χ3n) is 3.42. The van der Waals surface area contributed by atoms with E-state index in [1.54, 1.807) is 18.5 Å². The largest absolute Gasteiger partial charge is 0.488 e. The normalized spacial score (nSPS) is 18.8. The average Bonchev–Trinajstić information content (AvgIpc) is 3.15. The Morgan fingerprint density at radius 2 is 1.88 bits per heavy atom. The molecule has 24 heavy (non-hydrogen) atoms. The monoisotopic (exact) mass is 368 g/mol. The molecule has 0 aromatic carbocycles. The maximum Gasteiger partial charge on any atom is 0.171 e. The first-order valence-electron chi connectivity index (χ1n) is 7.02. The number of aromatic nitrogens is 2. The lowest BCUT2D eigenvalue weighted by Crippen LogP contribution is -2.10. The van der Waals surface area contributed by atoms with Gasteiger partial charge in [-0.15, -0.1) is 0 Å². The molecule has 0 aliphatic carbocycles. The molecule has 0 amide bonds. The molecule has 1 unspecified atom stereocenters. The highest BCUT2D eigenvalue weighted by atomic mass is 35.5. The molecule has 0 spiro atoms. The van der Waals surface area contributed by atoms with Crippen molar-refractivity contribution in [1.82, 2.24) is 9.97 Å². The van der Waals surface area contributed by atoms with Crippen molar-refractivity contribution in [3.05, 3.63) is 46.0 Å². The van der Waals surface area contributed by atoms with Crippen molar-refractivity contribution >= 4 is 28.9 Å². The van der Waals surface area contributed by atoms with Gasteiger partial charge in [-0.1, -0.05) is 28.4 Å². The zero-order valence-electron chi connectivity index (χ0n) is 12.7. The fourth-order valence-electron chi connectivity index (χ4n) is 2.33. The number of rotatable bonds is 1. The fourth-order valence-corrected chi connectivity index (χ4v) is 2.76. The number of fused-ring (bicyclic) bond motifs is 2. The quantitative estimate of drug-likeness (QED) is 0.614. The molecule has 0 bridgehead atoms. The lowest BCUT2D eigenvalue weighted by Gasteiger charge is -1.99. The van der Waals surface area contributed by atoms with Crippen molar-refractivity contribution < 1.29 is 14.3 Å². The van der Waals surface area contributed by atoms with Gasteiger partial charge < -0.3 is 20.0 Å². The summed E-state index contributed by atoms with van der Waals surface area (Å²) in [5.41, 5.74) is 8.24. The van der Waals surface area contributed by atoms with E-state index in [-0.39, 0.29) is 6.04 Å². The topological polar surface area (TPSA) is 91.9 Å². The summed E-state index contributed by atoms with van der Waals surface area (Å²) >= 11 is 11.5. The van der Waals surface area contributed by atoms with Gasteiger partial charge in [0.2, 0.25) is 0 Å². The number of pyridine rings is 2. The van der Waals surface area contributed by atoms with E-state index in [4.69, 9.17) is 38.4 Å². The molecule has 0 saturated carbocycles. The number of nitrogens with zero attached hydrogens (tertiary/aromatic N) is 3. The Balaban J connectivity index is 0.000000143. The number of ether oxygens (including phenoxy) is 2. The second-order valence-electron chi connectivity index (χ2n) is 4.93. The molecule has 0 fully saturated rings. The SMILES string of the molecule is CON=C1COc2c1ccnc2Cl.NC1COc2c1ccnc2Cl. The van der Waals surface area contributed by atoms with E-state index in [9.17, 15) is 0 Å². The lowest BCUT2D eigenvalue weighted by molar-refractivity contribution is 0.211. The second-order valence-corrected chi connectivity index (χ2v) is 5.64. The van der Waals surface area contributed by atoms with Gasteiger partial charge in [0.1, 0.15) is 26.0 Å². The number of hydrogen-bond acceptors (Lipinski definition) is 7. The molecule has 0 radical (unpaired) electrons. The zero-order valence-corrected chi connectivity index (χ0v) is 14.2. The van der Waals surface area contributed by atoms with E-state index < -0.39 is 0 Å². The molecular formula is C15H14Cl2N4O3. The Bertz CT molecular complexity index is 785. The van der Waals surface area contributed by atoms with Gasteiger partial charge in [-0.25, -0.2) is 9.97 Å². The van der Waals surface area contributed by atoms with Crippen LogP contribution in [0.3, 0.4) is 0 Å². The summed E-state index contributed by atoms with van der Waals surface area (Å²) < 4.78 is 10.5. The molecule has 2 aromatic heterocycles. The van der Waals surface area contributed by atoms with Crippen molar-refractivity contribution in [2.24, 2.45) is 10.9 Å². The minimum absolute atomic E-state index is 0.0505. The highest BCUT2D eigenvalue weighted by Crippen LogP contribution is 2.35. The number of oxime groups is 1. The van der Waals surface area contributed by atoms with Gasteiger partial charge in [0.15, 0.2) is 21.8 Å². The van der Waals surface area contributed by atoms with Crippen LogP contribution >= 0.6 is 23.2 Å². The number of hydrogen-bond donors (Lipinski definition) is 1. The van der Waals surface area contributed by atoms with Crippen LogP contribution in [0.15, 0.2) is 29.7 Å². The van der Waals surface area contributed by atoms with Crippen LogP contribution in [0.5, 0.6) is 11.5 Å². The molecule has 7 nitrogen and oxygen atoms in total. The summed E-state index contributed by atoms with van der Waals surface area (Å²) in [7, 11) is 1.49. The minimum atomic E-state index is -0.0505. The van der Waals surface area contributed by atoms with Crippen molar-refractivity contribution in [3.63, 3.8) is 0 Å². The van der Waals surface area contributed by atoms with Crippen molar-refractivity contribution in [2.75, 3.05) is 20.3 Å². The predicted octanol–water partition coefficient (Wildman–Crippen LogP) is 2.61. The molecule has 9 heteroatoms. The van der Waals surface area contributed by atoms with E-state index in [0.29, 0.717) is 35.0 Å². The summed E-state index contributed by atoms with van der Waals surface area (Å²) in [5.74, 6) is 1.22. The summed E-state index contributed by atoms with van der Waals surface area (Å²) in [6.45, 7) is 0.884. The van der Waals surface area contributed by atoms with Crippen LogP contribution in [-0.4, -0.2) is 36.0 Å². The molecule has 1 atom stereocenters. The highest BCUT2D eigenvalue weighted by molar-refractivity contribution is 6.32. The molecule has 0 saturated heterocycles. The Kier molecular flexibility index (Phi) is 5.03. The Labute approximate surface area is 148 Å². The highest BCUT2D eigenvalue weighted by Gasteiger charge is 2.23. The van der Waals surface area contributed by atoms with Crippen LogP contribution in [0.25, 0.3) is 0 Å². The van der Waals surface area contributed by atoms with Gasteiger partial charge in [0.25, 0.3) is 0 Å². The van der Waals surface area contributed by atoms with Crippen LogP contribution in [0.2, 0.25) is 10.3 Å². The fraction of sp³-hybridized carbons (Fsp3) is 0.267. The first-order valence-corrected chi connectivity index (χ1v) is 7.78. The van der Waals surface area contributed by atoms with Gasteiger partial charge in [-0.05, 0) is 12.1 Å². The van der Waals surface area contributed by atoms with Crippen LogP contribution in [0, 0.1) is 0 Å². The van der Waals surface area contributed by atoms with Crippen LogP contribution < -0.4 is 15.2 Å². The Hall–Kier alpha value is -2.09. The molecule has 2 aliphatic rings. The molecule has 2 aromatic rings. The third-order valence-corrected chi connectivity index (χ3v) is 3.96. The molecule has 2 N–H and O–H groups in total. The second kappa shape index (κ2) is 7.21. The van der Waals surface area contributed by atoms with Crippen molar-refractivity contribution in [1.29, 1.82) is 0 Å². The van der Waals surface area contributed by atoms with Gasteiger partial charge in [-0.2, -0.15) is 0 Å². The summed E-state index contributed by atoms with van der Waals surface area (Å²) in [5, 5.41) is 4.57. The first-order chi connectivity index (χ1) is 11.6. The number of nitrogens with two attached hydrogens (primary N) is 1. The van der Waals surface area contributed by atoms with E-state index in [0.717, 1.165) is 16.8 Å². The summed E-state index contributed by atoms with van der Waals surface area (Å²) in [6, 6.07) is 3.58. The van der Waals surface area contributed by atoms with Gasteiger partial charge in [-0.3, -0.25) is 0 Å². The van der Waals surface area contributed by atoms with E-state index in [2.05, 4.69) is 20.0 Å². The maximum absolute atomic E-state index is 5.80. The first kappa shape index (κ1) is 16.8. The maximum atomic E-state index is 5.80. The van der Waals surface area contributed by atoms with E-state index in [1.807, 2.05) is 6.07 Å².